The summed E-state index contributed by atoms with van der Waals surface area (Å²) in [4.78, 5) is 31.4. The lowest BCUT2D eigenvalue weighted by Gasteiger charge is -2.17. The Hall–Kier alpha value is -3.69. The first-order chi connectivity index (χ1) is 14.7. The molecule has 160 valence electrons. The number of carboxylic acid groups (broad SMARTS) is 1. The second kappa shape index (κ2) is 7.53. The van der Waals surface area contributed by atoms with Gasteiger partial charge in [0.2, 0.25) is 0 Å². The van der Waals surface area contributed by atoms with Gasteiger partial charge in [-0.2, -0.15) is 13.2 Å². The fourth-order valence-electron chi connectivity index (χ4n) is 3.32. The number of nitrogens with zero attached hydrogens (tertiary/aromatic N) is 2. The SMILES string of the molecule is CNc1c(C(=O)NC2CC2)cnc2cc(C(F)(F)F)c(-c3ccc(C(=O)O)nc3)cc12. The van der Waals surface area contributed by atoms with Gasteiger partial charge in [0.05, 0.1) is 22.3 Å². The van der Waals surface area contributed by atoms with Crippen molar-refractivity contribution >= 4 is 28.5 Å². The molecule has 2 aromatic heterocycles. The van der Waals surface area contributed by atoms with E-state index in [1.54, 1.807) is 7.05 Å². The number of aromatic carboxylic acids is 1. The third-order valence-corrected chi connectivity index (χ3v) is 5.01. The van der Waals surface area contributed by atoms with Crippen molar-refractivity contribution in [1.82, 2.24) is 15.3 Å². The molecule has 4 rings (SSSR count). The third-order valence-electron chi connectivity index (χ3n) is 5.01. The molecule has 0 unspecified atom stereocenters. The van der Waals surface area contributed by atoms with E-state index in [9.17, 15) is 22.8 Å². The summed E-state index contributed by atoms with van der Waals surface area (Å²) >= 11 is 0. The lowest BCUT2D eigenvalue weighted by Crippen LogP contribution is -2.26. The number of carbonyl (C=O) groups excluding carboxylic acids is 1. The van der Waals surface area contributed by atoms with Crippen LogP contribution in [0.2, 0.25) is 0 Å². The fourth-order valence-corrected chi connectivity index (χ4v) is 3.32. The van der Waals surface area contributed by atoms with E-state index in [0.29, 0.717) is 11.1 Å². The molecule has 2 heterocycles. The van der Waals surface area contributed by atoms with Gasteiger partial charge in [0.25, 0.3) is 5.91 Å². The maximum atomic E-state index is 13.8. The van der Waals surface area contributed by atoms with Crippen LogP contribution in [0.3, 0.4) is 0 Å². The van der Waals surface area contributed by atoms with Gasteiger partial charge in [0, 0.05) is 36.4 Å². The summed E-state index contributed by atoms with van der Waals surface area (Å²) in [5.41, 5.74) is -0.667. The van der Waals surface area contributed by atoms with E-state index in [1.807, 2.05) is 0 Å². The summed E-state index contributed by atoms with van der Waals surface area (Å²) in [6.45, 7) is 0. The highest BCUT2D eigenvalue weighted by Gasteiger charge is 2.35. The van der Waals surface area contributed by atoms with Gasteiger partial charge in [-0.3, -0.25) is 9.78 Å². The van der Waals surface area contributed by atoms with Crippen LogP contribution in [-0.2, 0) is 6.18 Å². The summed E-state index contributed by atoms with van der Waals surface area (Å²) < 4.78 is 41.4. The van der Waals surface area contributed by atoms with Crippen molar-refractivity contribution in [3.05, 3.63) is 53.5 Å². The molecule has 0 saturated heterocycles. The number of fused-ring (bicyclic) bond motifs is 1. The number of alkyl halides is 3. The molecule has 1 aliphatic carbocycles. The predicted molar refractivity (Wildman–Crippen MR) is 107 cm³/mol. The second-order valence-corrected chi connectivity index (χ2v) is 7.19. The zero-order valence-corrected chi connectivity index (χ0v) is 16.2. The summed E-state index contributed by atoms with van der Waals surface area (Å²) in [5.74, 6) is -1.63. The molecule has 1 fully saturated rings. The van der Waals surface area contributed by atoms with Crippen LogP contribution >= 0.6 is 0 Å². The minimum Gasteiger partial charge on any atom is -0.477 e. The van der Waals surface area contributed by atoms with Crippen molar-refractivity contribution in [2.45, 2.75) is 25.1 Å². The zero-order valence-electron chi connectivity index (χ0n) is 16.2. The van der Waals surface area contributed by atoms with E-state index >= 15 is 0 Å². The largest absolute Gasteiger partial charge is 0.477 e. The number of rotatable bonds is 5. The highest BCUT2D eigenvalue weighted by atomic mass is 19.4. The monoisotopic (exact) mass is 430 g/mol. The average molecular weight is 430 g/mol. The maximum Gasteiger partial charge on any atom is 0.417 e. The fraction of sp³-hybridized carbons (Fsp3) is 0.238. The number of carbonyl (C=O) groups is 2. The van der Waals surface area contributed by atoms with E-state index < -0.39 is 17.7 Å². The zero-order chi connectivity index (χ0) is 22.3. The van der Waals surface area contributed by atoms with Crippen molar-refractivity contribution in [2.24, 2.45) is 0 Å². The normalized spacial score (nSPS) is 13.8. The van der Waals surface area contributed by atoms with Crippen LogP contribution in [0.4, 0.5) is 18.9 Å². The molecule has 1 aromatic carbocycles. The van der Waals surface area contributed by atoms with Gasteiger partial charge in [0.15, 0.2) is 0 Å². The van der Waals surface area contributed by atoms with E-state index in [1.165, 1.54) is 18.3 Å². The molecule has 0 spiro atoms. The number of aromatic nitrogens is 2. The van der Waals surface area contributed by atoms with Crippen molar-refractivity contribution in [2.75, 3.05) is 12.4 Å². The number of halogens is 3. The van der Waals surface area contributed by atoms with Crippen LogP contribution in [0, 0.1) is 0 Å². The molecule has 7 nitrogen and oxygen atoms in total. The summed E-state index contributed by atoms with van der Waals surface area (Å²) in [5, 5.41) is 15.1. The lowest BCUT2D eigenvalue weighted by molar-refractivity contribution is -0.137. The Labute approximate surface area is 174 Å². The Bertz CT molecular complexity index is 1190. The van der Waals surface area contributed by atoms with Gasteiger partial charge in [-0.05, 0) is 36.6 Å². The molecule has 1 saturated carbocycles. The van der Waals surface area contributed by atoms with Crippen molar-refractivity contribution < 1.29 is 27.9 Å². The number of pyridine rings is 2. The van der Waals surface area contributed by atoms with Crippen molar-refractivity contribution in [1.29, 1.82) is 0 Å². The molecule has 1 amide bonds. The summed E-state index contributed by atoms with van der Waals surface area (Å²) in [7, 11) is 1.57. The molecular weight excluding hydrogens is 413 g/mol. The molecule has 0 bridgehead atoms. The van der Waals surface area contributed by atoms with Crippen LogP contribution in [0.15, 0.2) is 36.7 Å². The van der Waals surface area contributed by atoms with Gasteiger partial charge >= 0.3 is 12.1 Å². The Morgan fingerprint density at radius 3 is 2.42 bits per heavy atom. The highest BCUT2D eigenvalue weighted by molar-refractivity contribution is 6.08. The molecule has 0 aliphatic heterocycles. The van der Waals surface area contributed by atoms with Crippen LogP contribution in [-0.4, -0.2) is 40.0 Å². The summed E-state index contributed by atoms with van der Waals surface area (Å²) in [6, 6.07) is 4.72. The standard InChI is InChI=1S/C21H17F3N4O3/c1-25-18-13-6-12(10-2-5-16(20(30)31)26-8-10)15(21(22,23)24)7-17(13)27-9-14(18)19(29)28-11-3-4-11/h2,5-9,11H,3-4H2,1H3,(H,25,27)(H,28,29)(H,30,31). The highest BCUT2D eigenvalue weighted by Crippen LogP contribution is 2.41. The second-order valence-electron chi connectivity index (χ2n) is 7.19. The van der Waals surface area contributed by atoms with Crippen molar-refractivity contribution in [3.8, 4) is 11.1 Å². The molecule has 0 radical (unpaired) electrons. The molecule has 10 heteroatoms. The topological polar surface area (TPSA) is 104 Å². The smallest absolute Gasteiger partial charge is 0.417 e. The van der Waals surface area contributed by atoms with Gasteiger partial charge in [-0.1, -0.05) is 6.07 Å². The maximum absolute atomic E-state index is 13.8. The van der Waals surface area contributed by atoms with Gasteiger partial charge in [0.1, 0.15) is 5.69 Å². The number of benzene rings is 1. The van der Waals surface area contributed by atoms with Gasteiger partial charge < -0.3 is 15.7 Å². The molecular formula is C21H17F3N4O3. The lowest BCUT2D eigenvalue weighted by atomic mass is 9.96. The third kappa shape index (κ3) is 4.00. The first-order valence-corrected chi connectivity index (χ1v) is 9.41. The first-order valence-electron chi connectivity index (χ1n) is 9.41. The molecule has 0 atom stereocenters. The Morgan fingerprint density at radius 1 is 1.13 bits per heavy atom. The molecule has 1 aliphatic rings. The number of nitrogens with one attached hydrogen (secondary N) is 2. The quantitative estimate of drug-likeness (QED) is 0.566. The number of amides is 1. The van der Waals surface area contributed by atoms with E-state index in [4.69, 9.17) is 5.11 Å². The number of hydrogen-bond donors (Lipinski definition) is 3. The number of anilines is 1. The Morgan fingerprint density at radius 2 is 1.87 bits per heavy atom. The van der Waals surface area contributed by atoms with Gasteiger partial charge in [-0.25, -0.2) is 9.78 Å². The van der Waals surface area contributed by atoms with E-state index in [0.717, 1.165) is 31.2 Å². The minimum absolute atomic E-state index is 0.0681. The molecule has 31 heavy (non-hydrogen) atoms. The first kappa shape index (κ1) is 20.6. The average Bonchev–Trinajstić information content (AvgIpc) is 3.55. The Kier molecular flexibility index (Phi) is 5.00. The Balaban J connectivity index is 1.91. The summed E-state index contributed by atoms with van der Waals surface area (Å²) in [6.07, 6.45) is -0.566. The van der Waals surface area contributed by atoms with Crippen LogP contribution in [0.1, 0.15) is 39.3 Å². The molecule has 3 aromatic rings. The van der Waals surface area contributed by atoms with Crippen LogP contribution in [0.5, 0.6) is 0 Å². The van der Waals surface area contributed by atoms with Crippen molar-refractivity contribution in [3.63, 3.8) is 0 Å². The van der Waals surface area contributed by atoms with Crippen LogP contribution < -0.4 is 10.6 Å². The molecule has 3 N–H and O–H groups in total. The predicted octanol–water partition coefficient (Wildman–Crippen LogP) is 3.95. The van der Waals surface area contributed by atoms with Crippen LogP contribution in [0.25, 0.3) is 22.0 Å². The van der Waals surface area contributed by atoms with E-state index in [2.05, 4.69) is 20.6 Å². The number of carboxylic acids is 1. The van der Waals surface area contributed by atoms with Gasteiger partial charge in [-0.15, -0.1) is 0 Å². The number of hydrogen-bond acceptors (Lipinski definition) is 5. The minimum atomic E-state index is -4.68. The van der Waals surface area contributed by atoms with E-state index in [-0.39, 0.29) is 39.9 Å².